The molecule has 184 valence electrons. The molecule has 1 aliphatic carbocycles. The van der Waals surface area contributed by atoms with Crippen molar-refractivity contribution in [3.8, 4) is 11.4 Å². The number of aromatic nitrogens is 5. The number of rotatable bonds is 3. The number of anilines is 1. The van der Waals surface area contributed by atoms with E-state index in [9.17, 15) is 13.2 Å². The maximum Gasteiger partial charge on any atom is 0.431 e. The average molecular weight is 492 g/mol. The van der Waals surface area contributed by atoms with E-state index < -0.39 is 11.9 Å². The van der Waals surface area contributed by atoms with Gasteiger partial charge < -0.3 is 15.2 Å². The molecule has 0 radical (unpaired) electrons. The summed E-state index contributed by atoms with van der Waals surface area (Å²) in [5.41, 5.74) is 2.92. The Balaban J connectivity index is 1.47. The number of fused-ring (bicyclic) bond motifs is 3. The molecule has 1 saturated carbocycles. The molecule has 4 aromatic rings. The van der Waals surface area contributed by atoms with Gasteiger partial charge in [-0.1, -0.05) is 6.08 Å². The monoisotopic (exact) mass is 491 g/mol. The highest BCUT2D eigenvalue weighted by molar-refractivity contribution is 5.97. The maximum atomic E-state index is 13.4. The predicted molar refractivity (Wildman–Crippen MR) is 130 cm³/mol. The minimum Gasteiger partial charge on any atom is -0.336 e. The number of aromatic amines is 1. The van der Waals surface area contributed by atoms with E-state index in [2.05, 4.69) is 31.2 Å². The summed E-state index contributed by atoms with van der Waals surface area (Å²) in [4.78, 5) is 23.2. The van der Waals surface area contributed by atoms with E-state index in [1.54, 1.807) is 12.3 Å². The molecule has 2 aliphatic heterocycles. The summed E-state index contributed by atoms with van der Waals surface area (Å²) in [5.74, 6) is 1.63. The van der Waals surface area contributed by atoms with Crippen LogP contribution in [0.5, 0.6) is 0 Å². The fourth-order valence-electron chi connectivity index (χ4n) is 5.57. The molecule has 6 heterocycles. The van der Waals surface area contributed by atoms with Crippen LogP contribution in [0.2, 0.25) is 0 Å². The molecule has 0 bridgehead atoms. The highest BCUT2D eigenvalue weighted by Crippen LogP contribution is 2.46. The van der Waals surface area contributed by atoms with Gasteiger partial charge in [-0.15, -0.1) is 0 Å². The number of halogens is 3. The fourth-order valence-corrected chi connectivity index (χ4v) is 5.57. The summed E-state index contributed by atoms with van der Waals surface area (Å²) >= 11 is 0. The van der Waals surface area contributed by atoms with Crippen molar-refractivity contribution in [2.45, 2.75) is 50.2 Å². The van der Waals surface area contributed by atoms with E-state index in [1.807, 2.05) is 6.20 Å². The largest absolute Gasteiger partial charge is 0.431 e. The van der Waals surface area contributed by atoms with Gasteiger partial charge >= 0.3 is 6.18 Å². The molecule has 0 spiro atoms. The maximum absolute atomic E-state index is 13.4. The summed E-state index contributed by atoms with van der Waals surface area (Å²) in [5, 5.41) is 4.96. The third kappa shape index (κ3) is 3.54. The quantitative estimate of drug-likeness (QED) is 0.404. The third-order valence-corrected chi connectivity index (χ3v) is 7.40. The lowest BCUT2D eigenvalue weighted by atomic mass is 9.96. The van der Waals surface area contributed by atoms with Gasteiger partial charge in [0.1, 0.15) is 17.2 Å². The van der Waals surface area contributed by atoms with Crippen LogP contribution in [-0.4, -0.2) is 44.1 Å². The molecule has 36 heavy (non-hydrogen) atoms. The van der Waals surface area contributed by atoms with E-state index >= 15 is 0 Å². The Hall–Kier alpha value is -3.53. The number of nitrogens with one attached hydrogen (secondary N) is 2. The summed E-state index contributed by atoms with van der Waals surface area (Å²) < 4.78 is 40.3. The lowest BCUT2D eigenvalue weighted by molar-refractivity contribution is -0.140. The van der Waals surface area contributed by atoms with Crippen molar-refractivity contribution in [3.63, 3.8) is 0 Å². The molecule has 3 aliphatic rings. The number of nitrogens with zero attached hydrogens (tertiary/aromatic N) is 5. The van der Waals surface area contributed by atoms with Crippen molar-refractivity contribution in [2.24, 2.45) is 0 Å². The Kier molecular flexibility index (Phi) is 4.82. The van der Waals surface area contributed by atoms with Crippen LogP contribution >= 0.6 is 0 Å². The smallest absolute Gasteiger partial charge is 0.336 e. The van der Waals surface area contributed by atoms with Gasteiger partial charge in [-0.3, -0.25) is 4.98 Å². The normalized spacial score (nSPS) is 20.6. The standard InChI is InChI=1S/C26H24F3N7/c27-26(28,29)21-11-16-15(7-9-32-23(16)34-21)24-33-19-13-30-12-17(14-5-6-14)22(19)25(35-24)36-10-2-3-18-20(36)4-1-8-31-18/h4,7,9,11-14,18,31H,1-3,5-6,8,10H2,(H,32,34). The van der Waals surface area contributed by atoms with E-state index in [4.69, 9.17) is 9.97 Å². The van der Waals surface area contributed by atoms with Crippen molar-refractivity contribution in [1.29, 1.82) is 0 Å². The molecule has 7 nitrogen and oxygen atoms in total. The van der Waals surface area contributed by atoms with Crippen LogP contribution in [0.3, 0.4) is 0 Å². The Morgan fingerprint density at radius 1 is 1.08 bits per heavy atom. The zero-order valence-electron chi connectivity index (χ0n) is 19.4. The number of alkyl halides is 3. The first-order chi connectivity index (χ1) is 17.5. The molecule has 1 atom stereocenters. The highest BCUT2D eigenvalue weighted by Gasteiger charge is 2.35. The van der Waals surface area contributed by atoms with Gasteiger partial charge in [0.2, 0.25) is 0 Å². The second-order valence-electron chi connectivity index (χ2n) is 9.79. The van der Waals surface area contributed by atoms with Crippen molar-refractivity contribution in [2.75, 3.05) is 18.0 Å². The molecule has 2 fully saturated rings. The SMILES string of the molecule is FC(F)(F)c1cc2c(-c3nc(N4CCCC5NCCC=C54)c4c(C5CC5)cncc4n3)ccnc2[nH]1. The lowest BCUT2D eigenvalue weighted by Crippen LogP contribution is -2.46. The second-order valence-corrected chi connectivity index (χ2v) is 9.79. The third-order valence-electron chi connectivity index (χ3n) is 7.40. The first-order valence-electron chi connectivity index (χ1n) is 12.4. The lowest BCUT2D eigenvalue weighted by Gasteiger charge is -2.39. The van der Waals surface area contributed by atoms with Crippen LogP contribution < -0.4 is 10.2 Å². The van der Waals surface area contributed by atoms with E-state index in [0.29, 0.717) is 28.2 Å². The number of pyridine rings is 2. The molecule has 4 aromatic heterocycles. The zero-order valence-corrected chi connectivity index (χ0v) is 19.4. The topological polar surface area (TPSA) is 82.6 Å². The Morgan fingerprint density at radius 3 is 2.81 bits per heavy atom. The van der Waals surface area contributed by atoms with Crippen molar-refractivity contribution in [1.82, 2.24) is 30.2 Å². The molecular weight excluding hydrogens is 467 g/mol. The Morgan fingerprint density at radius 2 is 1.97 bits per heavy atom. The molecule has 7 rings (SSSR count). The minimum atomic E-state index is -4.50. The Bertz CT molecular complexity index is 1520. The van der Waals surface area contributed by atoms with Gasteiger partial charge in [0.05, 0.1) is 11.7 Å². The molecule has 10 heteroatoms. The molecule has 1 saturated heterocycles. The molecular formula is C26H24F3N7. The van der Waals surface area contributed by atoms with E-state index in [0.717, 1.165) is 68.0 Å². The first kappa shape index (κ1) is 21.7. The zero-order chi connectivity index (χ0) is 24.4. The summed E-state index contributed by atoms with van der Waals surface area (Å²) in [6.07, 6.45) is 8.21. The van der Waals surface area contributed by atoms with Crippen LogP contribution in [0.25, 0.3) is 33.3 Å². The summed E-state index contributed by atoms with van der Waals surface area (Å²) in [6.45, 7) is 1.79. The van der Waals surface area contributed by atoms with E-state index in [-0.39, 0.29) is 11.7 Å². The minimum absolute atomic E-state index is 0.159. The second kappa shape index (κ2) is 7.99. The average Bonchev–Trinajstić information content (AvgIpc) is 3.63. The van der Waals surface area contributed by atoms with E-state index in [1.165, 1.54) is 11.9 Å². The molecule has 0 aromatic carbocycles. The van der Waals surface area contributed by atoms with Gasteiger partial charge in [0.25, 0.3) is 0 Å². The van der Waals surface area contributed by atoms with Crippen LogP contribution in [-0.2, 0) is 6.18 Å². The number of hydrogen-bond donors (Lipinski definition) is 2. The van der Waals surface area contributed by atoms with Gasteiger partial charge in [-0.25, -0.2) is 15.0 Å². The van der Waals surface area contributed by atoms with Crippen molar-refractivity contribution in [3.05, 3.63) is 53.8 Å². The number of H-pyrrole nitrogens is 1. The van der Waals surface area contributed by atoms with Crippen LogP contribution in [0.4, 0.5) is 19.0 Å². The summed E-state index contributed by atoms with van der Waals surface area (Å²) in [6, 6.07) is 3.05. The molecule has 2 N–H and O–H groups in total. The molecule has 1 unspecified atom stereocenters. The molecule has 0 amide bonds. The van der Waals surface area contributed by atoms with Crippen molar-refractivity contribution >= 4 is 27.8 Å². The van der Waals surface area contributed by atoms with Gasteiger partial charge in [-0.2, -0.15) is 13.2 Å². The van der Waals surface area contributed by atoms with Crippen molar-refractivity contribution < 1.29 is 13.2 Å². The van der Waals surface area contributed by atoms with Crippen LogP contribution in [0, 0.1) is 0 Å². The number of piperidine rings is 1. The fraction of sp³-hybridized carbons (Fsp3) is 0.385. The Labute approximate surface area is 204 Å². The first-order valence-corrected chi connectivity index (χ1v) is 12.4. The van der Waals surface area contributed by atoms with Gasteiger partial charge in [-0.05, 0) is 62.3 Å². The highest BCUT2D eigenvalue weighted by atomic mass is 19.4. The van der Waals surface area contributed by atoms with Crippen LogP contribution in [0.15, 0.2) is 42.5 Å². The summed E-state index contributed by atoms with van der Waals surface area (Å²) in [7, 11) is 0. The van der Waals surface area contributed by atoms with Crippen LogP contribution in [0.1, 0.15) is 49.3 Å². The number of hydrogen-bond acceptors (Lipinski definition) is 6. The predicted octanol–water partition coefficient (Wildman–Crippen LogP) is 5.31. The van der Waals surface area contributed by atoms with Gasteiger partial charge in [0, 0.05) is 47.0 Å². The van der Waals surface area contributed by atoms with Gasteiger partial charge in [0.15, 0.2) is 5.82 Å².